The first-order valence-corrected chi connectivity index (χ1v) is 6.73. The van der Waals surface area contributed by atoms with E-state index in [1.54, 1.807) is 12.1 Å². The summed E-state index contributed by atoms with van der Waals surface area (Å²) in [5.41, 5.74) is 0. The van der Waals surface area contributed by atoms with Crippen molar-refractivity contribution in [1.82, 2.24) is 4.98 Å². The summed E-state index contributed by atoms with van der Waals surface area (Å²) in [6.07, 6.45) is 4.22. The summed E-state index contributed by atoms with van der Waals surface area (Å²) in [5.74, 6) is 1.80. The smallest absolute Gasteiger partial charge is 0.136 e. The lowest BCUT2D eigenvalue weighted by molar-refractivity contribution is 0.476. The maximum Gasteiger partial charge on any atom is 0.136 e. The molecule has 3 rings (SSSR count). The first kappa shape index (κ1) is 11.6. The van der Waals surface area contributed by atoms with Gasteiger partial charge in [-0.05, 0) is 36.4 Å². The van der Waals surface area contributed by atoms with Crippen molar-refractivity contribution >= 4 is 28.2 Å². The van der Waals surface area contributed by atoms with Gasteiger partial charge in [0.25, 0.3) is 0 Å². The largest absolute Gasteiger partial charge is 0.508 e. The van der Waals surface area contributed by atoms with Crippen LogP contribution in [0.3, 0.4) is 0 Å². The van der Waals surface area contributed by atoms with Crippen LogP contribution in [-0.4, -0.2) is 28.6 Å². The first-order valence-electron chi connectivity index (χ1n) is 6.20. The number of aromatic hydroxyl groups is 1. The highest BCUT2D eigenvalue weighted by Crippen LogP contribution is 2.35. The number of halogens is 1. The summed E-state index contributed by atoms with van der Waals surface area (Å²) in [6.45, 7) is 0.800. The van der Waals surface area contributed by atoms with Crippen molar-refractivity contribution in [2.45, 2.75) is 18.9 Å². The second-order valence-electron chi connectivity index (χ2n) is 4.65. The van der Waals surface area contributed by atoms with Crippen molar-refractivity contribution < 1.29 is 5.11 Å². The Morgan fingerprint density at radius 3 is 2.89 bits per heavy atom. The molecule has 0 unspecified atom stereocenters. The SMILES string of the molecule is Oc1ccc2ccnc(N(CCCl)C3CC3)c2c1. The molecule has 1 aliphatic carbocycles. The van der Waals surface area contributed by atoms with Crippen molar-refractivity contribution in [2.75, 3.05) is 17.3 Å². The molecule has 18 heavy (non-hydrogen) atoms. The van der Waals surface area contributed by atoms with E-state index < -0.39 is 0 Å². The fourth-order valence-corrected chi connectivity index (χ4v) is 2.49. The molecular formula is C14H15ClN2O. The number of fused-ring (bicyclic) bond motifs is 1. The fourth-order valence-electron chi connectivity index (χ4n) is 2.31. The van der Waals surface area contributed by atoms with Gasteiger partial charge in [-0.3, -0.25) is 0 Å². The summed E-state index contributed by atoms with van der Waals surface area (Å²) in [6, 6.07) is 7.92. The molecule has 1 N–H and O–H groups in total. The molecular weight excluding hydrogens is 248 g/mol. The molecule has 1 saturated carbocycles. The summed E-state index contributed by atoms with van der Waals surface area (Å²) in [5, 5.41) is 11.7. The van der Waals surface area contributed by atoms with Crippen LogP contribution in [0.2, 0.25) is 0 Å². The Hall–Kier alpha value is -1.48. The Labute approximate surface area is 111 Å². The molecule has 1 heterocycles. The van der Waals surface area contributed by atoms with E-state index in [-0.39, 0.29) is 5.75 Å². The van der Waals surface area contributed by atoms with Crippen LogP contribution >= 0.6 is 11.6 Å². The number of nitrogens with zero attached hydrogens (tertiary/aromatic N) is 2. The van der Waals surface area contributed by atoms with Gasteiger partial charge in [-0.25, -0.2) is 4.98 Å². The Bertz CT molecular complexity index is 569. The number of alkyl halides is 1. The summed E-state index contributed by atoms with van der Waals surface area (Å²) < 4.78 is 0. The number of pyridine rings is 1. The van der Waals surface area contributed by atoms with Gasteiger partial charge in [-0.15, -0.1) is 11.6 Å². The van der Waals surface area contributed by atoms with E-state index in [1.807, 2.05) is 18.3 Å². The number of anilines is 1. The molecule has 1 aromatic carbocycles. The zero-order valence-electron chi connectivity index (χ0n) is 10.0. The molecule has 0 spiro atoms. The Morgan fingerprint density at radius 2 is 2.17 bits per heavy atom. The first-order chi connectivity index (χ1) is 8.79. The van der Waals surface area contributed by atoms with Crippen molar-refractivity contribution in [2.24, 2.45) is 0 Å². The van der Waals surface area contributed by atoms with E-state index in [0.29, 0.717) is 11.9 Å². The van der Waals surface area contributed by atoms with Crippen LogP contribution in [0.4, 0.5) is 5.82 Å². The van der Waals surface area contributed by atoms with E-state index in [0.717, 1.165) is 23.1 Å². The fraction of sp³-hybridized carbons (Fsp3) is 0.357. The highest BCUT2D eigenvalue weighted by molar-refractivity contribution is 6.18. The Balaban J connectivity index is 2.11. The number of hydrogen-bond acceptors (Lipinski definition) is 3. The van der Waals surface area contributed by atoms with E-state index in [2.05, 4.69) is 9.88 Å². The molecule has 0 saturated heterocycles. The van der Waals surface area contributed by atoms with Gasteiger partial charge in [0.2, 0.25) is 0 Å². The van der Waals surface area contributed by atoms with Crippen LogP contribution in [-0.2, 0) is 0 Å². The number of aromatic nitrogens is 1. The lowest BCUT2D eigenvalue weighted by Gasteiger charge is -2.23. The minimum Gasteiger partial charge on any atom is -0.508 e. The number of phenols is 1. The van der Waals surface area contributed by atoms with Crippen molar-refractivity contribution in [3.63, 3.8) is 0 Å². The van der Waals surface area contributed by atoms with E-state index in [9.17, 15) is 5.11 Å². The van der Waals surface area contributed by atoms with Crippen LogP contribution in [0.25, 0.3) is 10.8 Å². The lowest BCUT2D eigenvalue weighted by atomic mass is 10.1. The third-order valence-electron chi connectivity index (χ3n) is 3.31. The van der Waals surface area contributed by atoms with Gasteiger partial charge in [0.05, 0.1) is 0 Å². The summed E-state index contributed by atoms with van der Waals surface area (Å²) in [4.78, 5) is 6.74. The monoisotopic (exact) mass is 262 g/mol. The summed E-state index contributed by atoms with van der Waals surface area (Å²) >= 11 is 5.88. The van der Waals surface area contributed by atoms with Crippen molar-refractivity contribution in [3.05, 3.63) is 30.5 Å². The lowest BCUT2D eigenvalue weighted by Crippen LogP contribution is -2.28. The Morgan fingerprint density at radius 1 is 1.33 bits per heavy atom. The maximum absolute atomic E-state index is 9.65. The van der Waals surface area contributed by atoms with E-state index in [4.69, 9.17) is 11.6 Å². The highest BCUT2D eigenvalue weighted by atomic mass is 35.5. The molecule has 4 heteroatoms. The van der Waals surface area contributed by atoms with E-state index in [1.165, 1.54) is 12.8 Å². The molecule has 0 radical (unpaired) electrons. The van der Waals surface area contributed by atoms with Gasteiger partial charge in [0.1, 0.15) is 11.6 Å². The molecule has 1 fully saturated rings. The second kappa shape index (κ2) is 4.65. The quantitative estimate of drug-likeness (QED) is 0.860. The third kappa shape index (κ3) is 2.10. The maximum atomic E-state index is 9.65. The van der Waals surface area contributed by atoms with Crippen LogP contribution in [0.15, 0.2) is 30.5 Å². The number of benzene rings is 1. The van der Waals surface area contributed by atoms with E-state index >= 15 is 0 Å². The number of rotatable bonds is 4. The number of hydrogen-bond donors (Lipinski definition) is 1. The number of phenolic OH excluding ortho intramolecular Hbond substituents is 1. The standard InChI is InChI=1S/C14H15ClN2O/c15-6-8-17(11-2-3-11)14-13-9-12(18)4-1-10(13)5-7-16-14/h1,4-5,7,9,11,18H,2-3,6,8H2. The van der Waals surface area contributed by atoms with Gasteiger partial charge in [-0.1, -0.05) is 6.07 Å². The minimum absolute atomic E-state index is 0.276. The molecule has 0 amide bonds. The molecule has 3 nitrogen and oxygen atoms in total. The van der Waals surface area contributed by atoms with Crippen LogP contribution in [0.5, 0.6) is 5.75 Å². The second-order valence-corrected chi connectivity index (χ2v) is 5.03. The van der Waals surface area contributed by atoms with Crippen LogP contribution < -0.4 is 4.90 Å². The molecule has 1 aliphatic rings. The molecule has 1 aromatic heterocycles. The molecule has 94 valence electrons. The average molecular weight is 263 g/mol. The molecule has 0 bridgehead atoms. The molecule has 2 aromatic rings. The predicted molar refractivity (Wildman–Crippen MR) is 74.5 cm³/mol. The van der Waals surface area contributed by atoms with Crippen molar-refractivity contribution in [3.8, 4) is 5.75 Å². The van der Waals surface area contributed by atoms with Gasteiger partial charge < -0.3 is 10.0 Å². The van der Waals surface area contributed by atoms with Crippen molar-refractivity contribution in [1.29, 1.82) is 0 Å². The van der Waals surface area contributed by atoms with Crippen LogP contribution in [0.1, 0.15) is 12.8 Å². The highest BCUT2D eigenvalue weighted by Gasteiger charge is 2.30. The van der Waals surface area contributed by atoms with Gasteiger partial charge in [0, 0.05) is 30.0 Å². The summed E-state index contributed by atoms with van der Waals surface area (Å²) in [7, 11) is 0. The third-order valence-corrected chi connectivity index (χ3v) is 3.48. The van der Waals surface area contributed by atoms with Gasteiger partial charge >= 0.3 is 0 Å². The van der Waals surface area contributed by atoms with Crippen LogP contribution in [0, 0.1) is 0 Å². The zero-order valence-corrected chi connectivity index (χ0v) is 10.8. The van der Waals surface area contributed by atoms with Gasteiger partial charge in [-0.2, -0.15) is 0 Å². The molecule has 0 aliphatic heterocycles. The zero-order chi connectivity index (χ0) is 12.5. The minimum atomic E-state index is 0.276. The topological polar surface area (TPSA) is 36.4 Å². The normalized spacial score (nSPS) is 14.9. The Kier molecular flexibility index (Phi) is 3.00. The predicted octanol–water partition coefficient (Wildman–Crippen LogP) is 3.15. The van der Waals surface area contributed by atoms with Gasteiger partial charge in [0.15, 0.2) is 0 Å². The molecule has 0 atom stereocenters. The average Bonchev–Trinajstić information content (AvgIpc) is 3.20.